The van der Waals surface area contributed by atoms with Gasteiger partial charge in [0.1, 0.15) is 6.04 Å². The number of ether oxygens (including phenoxy) is 1. The lowest BCUT2D eigenvalue weighted by Gasteiger charge is -2.33. The molecule has 104 valence electrons. The van der Waals surface area contributed by atoms with Gasteiger partial charge in [0, 0.05) is 18.1 Å². The molecule has 2 rings (SSSR count). The van der Waals surface area contributed by atoms with Gasteiger partial charge in [0.15, 0.2) is 5.82 Å². The maximum atomic E-state index is 11.3. The summed E-state index contributed by atoms with van der Waals surface area (Å²) in [5, 5.41) is 9.25. The summed E-state index contributed by atoms with van der Waals surface area (Å²) in [6.45, 7) is 4.47. The Morgan fingerprint density at radius 1 is 1.58 bits per heavy atom. The van der Waals surface area contributed by atoms with E-state index in [1.54, 1.807) is 22.9 Å². The van der Waals surface area contributed by atoms with Crippen LogP contribution in [0.15, 0.2) is 12.4 Å². The van der Waals surface area contributed by atoms with Gasteiger partial charge in [-0.3, -0.25) is 4.98 Å². The van der Waals surface area contributed by atoms with E-state index in [9.17, 15) is 9.90 Å². The molecule has 1 N–H and O–H groups in total. The summed E-state index contributed by atoms with van der Waals surface area (Å²) < 4.78 is 5.49. The summed E-state index contributed by atoms with van der Waals surface area (Å²) in [6.07, 6.45) is 3.13. The maximum Gasteiger partial charge on any atom is 0.327 e. The van der Waals surface area contributed by atoms with Crippen LogP contribution >= 0.6 is 11.8 Å². The van der Waals surface area contributed by atoms with Gasteiger partial charge in [-0.2, -0.15) is 16.7 Å². The Balaban J connectivity index is 2.21. The van der Waals surface area contributed by atoms with E-state index >= 15 is 0 Å². The van der Waals surface area contributed by atoms with Crippen LogP contribution in [0.4, 0.5) is 5.82 Å². The highest BCUT2D eigenvalue weighted by Gasteiger charge is 2.30. The zero-order valence-corrected chi connectivity index (χ0v) is 11.8. The number of thioether (sulfide) groups is 1. The fourth-order valence-electron chi connectivity index (χ4n) is 1.86. The van der Waals surface area contributed by atoms with E-state index in [1.807, 2.05) is 13.8 Å². The van der Waals surface area contributed by atoms with E-state index in [0.29, 0.717) is 24.0 Å². The van der Waals surface area contributed by atoms with Crippen molar-refractivity contribution in [3.63, 3.8) is 0 Å². The van der Waals surface area contributed by atoms with Crippen molar-refractivity contribution in [1.29, 1.82) is 0 Å². The van der Waals surface area contributed by atoms with E-state index in [4.69, 9.17) is 4.74 Å². The van der Waals surface area contributed by atoms with Gasteiger partial charge in [0.05, 0.1) is 18.5 Å². The Hall–Kier alpha value is -1.50. The molecule has 19 heavy (non-hydrogen) atoms. The van der Waals surface area contributed by atoms with Crippen molar-refractivity contribution in [2.75, 3.05) is 23.0 Å². The van der Waals surface area contributed by atoms with Crippen LogP contribution in [-0.2, 0) is 4.79 Å². The lowest BCUT2D eigenvalue weighted by atomic mass is 10.3. The molecule has 7 heteroatoms. The first-order valence-corrected chi connectivity index (χ1v) is 7.29. The standard InChI is InChI=1S/C12H17N3O3S/c1-8(2)18-11-6-13-5-10(14-11)15-3-4-19-7-9(15)12(16)17/h5-6,8-9H,3-4,7H2,1-2H3,(H,16,17). The zero-order valence-electron chi connectivity index (χ0n) is 10.9. The Morgan fingerprint density at radius 2 is 2.37 bits per heavy atom. The van der Waals surface area contributed by atoms with Crippen molar-refractivity contribution in [2.45, 2.75) is 26.0 Å². The quantitative estimate of drug-likeness (QED) is 0.891. The monoisotopic (exact) mass is 283 g/mol. The van der Waals surface area contributed by atoms with Gasteiger partial charge in [-0.05, 0) is 13.8 Å². The van der Waals surface area contributed by atoms with Crippen LogP contribution in [0.25, 0.3) is 0 Å². The summed E-state index contributed by atoms with van der Waals surface area (Å²) in [7, 11) is 0. The molecule has 1 aromatic rings. The second kappa shape index (κ2) is 6.10. The number of carboxylic acid groups (broad SMARTS) is 1. The zero-order chi connectivity index (χ0) is 13.8. The molecule has 1 saturated heterocycles. The molecule has 1 atom stereocenters. The smallest absolute Gasteiger partial charge is 0.327 e. The summed E-state index contributed by atoms with van der Waals surface area (Å²) in [5.74, 6) is 1.61. The van der Waals surface area contributed by atoms with Crippen LogP contribution in [0.3, 0.4) is 0 Å². The second-order valence-electron chi connectivity index (χ2n) is 4.50. The second-order valence-corrected chi connectivity index (χ2v) is 5.65. The number of hydrogen-bond donors (Lipinski definition) is 1. The fourth-order valence-corrected chi connectivity index (χ4v) is 2.90. The first-order valence-electron chi connectivity index (χ1n) is 6.14. The average molecular weight is 283 g/mol. The highest BCUT2D eigenvalue weighted by Crippen LogP contribution is 2.23. The van der Waals surface area contributed by atoms with Crippen molar-refractivity contribution < 1.29 is 14.6 Å². The summed E-state index contributed by atoms with van der Waals surface area (Å²) in [4.78, 5) is 21.5. The van der Waals surface area contributed by atoms with Gasteiger partial charge < -0.3 is 14.7 Å². The van der Waals surface area contributed by atoms with E-state index < -0.39 is 12.0 Å². The third-order valence-corrected chi connectivity index (χ3v) is 3.69. The molecule has 1 unspecified atom stereocenters. The third-order valence-electron chi connectivity index (χ3n) is 2.66. The molecule has 2 heterocycles. The topological polar surface area (TPSA) is 75.5 Å². The molecule has 1 aliphatic heterocycles. The normalized spacial score (nSPS) is 19.5. The van der Waals surface area contributed by atoms with Crippen molar-refractivity contribution in [3.05, 3.63) is 12.4 Å². The van der Waals surface area contributed by atoms with E-state index in [1.165, 1.54) is 6.20 Å². The molecule has 0 radical (unpaired) electrons. The van der Waals surface area contributed by atoms with Crippen LogP contribution < -0.4 is 9.64 Å². The molecule has 1 aliphatic rings. The Labute approximate surface area is 116 Å². The minimum atomic E-state index is -0.829. The summed E-state index contributed by atoms with van der Waals surface area (Å²) in [5.41, 5.74) is 0. The van der Waals surface area contributed by atoms with Crippen LogP contribution in [0.2, 0.25) is 0 Å². The highest BCUT2D eigenvalue weighted by atomic mass is 32.2. The number of nitrogens with zero attached hydrogens (tertiary/aromatic N) is 3. The summed E-state index contributed by atoms with van der Waals surface area (Å²) >= 11 is 1.64. The maximum absolute atomic E-state index is 11.3. The number of aliphatic carboxylic acids is 1. The Bertz CT molecular complexity index is 456. The third kappa shape index (κ3) is 3.50. The van der Waals surface area contributed by atoms with E-state index in [2.05, 4.69) is 9.97 Å². The molecule has 0 spiro atoms. The number of rotatable bonds is 4. The average Bonchev–Trinajstić information content (AvgIpc) is 2.38. The predicted octanol–water partition coefficient (Wildman–Crippen LogP) is 1.27. The SMILES string of the molecule is CC(C)Oc1cncc(N2CCSCC2C(=O)O)n1. The van der Waals surface area contributed by atoms with E-state index in [-0.39, 0.29) is 6.10 Å². The molecule has 0 amide bonds. The van der Waals surface area contributed by atoms with Gasteiger partial charge >= 0.3 is 5.97 Å². The van der Waals surface area contributed by atoms with Gasteiger partial charge in [-0.1, -0.05) is 0 Å². The van der Waals surface area contributed by atoms with Crippen LogP contribution in [0.5, 0.6) is 5.88 Å². The molecule has 1 aromatic heterocycles. The minimum Gasteiger partial charge on any atom is -0.480 e. The van der Waals surface area contributed by atoms with Crippen LogP contribution in [-0.4, -0.2) is 51.2 Å². The Morgan fingerprint density at radius 3 is 3.05 bits per heavy atom. The van der Waals surface area contributed by atoms with Crippen molar-refractivity contribution in [3.8, 4) is 5.88 Å². The highest BCUT2D eigenvalue weighted by molar-refractivity contribution is 7.99. The first kappa shape index (κ1) is 13.9. The van der Waals surface area contributed by atoms with Crippen molar-refractivity contribution in [2.24, 2.45) is 0 Å². The van der Waals surface area contributed by atoms with Gasteiger partial charge in [0.25, 0.3) is 0 Å². The predicted molar refractivity (Wildman–Crippen MR) is 73.9 cm³/mol. The molecule has 0 bridgehead atoms. The molecule has 0 aliphatic carbocycles. The summed E-state index contributed by atoms with van der Waals surface area (Å²) in [6, 6.07) is -0.553. The number of anilines is 1. The van der Waals surface area contributed by atoms with Gasteiger partial charge in [-0.15, -0.1) is 0 Å². The number of aromatic nitrogens is 2. The van der Waals surface area contributed by atoms with Gasteiger partial charge in [-0.25, -0.2) is 4.79 Å². The molecule has 1 fully saturated rings. The van der Waals surface area contributed by atoms with Gasteiger partial charge in [0.2, 0.25) is 5.88 Å². The number of carboxylic acids is 1. The Kier molecular flexibility index (Phi) is 4.47. The number of hydrogen-bond acceptors (Lipinski definition) is 6. The lowest BCUT2D eigenvalue weighted by Crippen LogP contribution is -2.47. The molecule has 0 saturated carbocycles. The first-order chi connectivity index (χ1) is 9.08. The molecule has 0 aromatic carbocycles. The molecular formula is C12H17N3O3S. The van der Waals surface area contributed by atoms with Crippen molar-refractivity contribution in [1.82, 2.24) is 9.97 Å². The largest absolute Gasteiger partial charge is 0.480 e. The molecular weight excluding hydrogens is 266 g/mol. The molecule has 6 nitrogen and oxygen atoms in total. The van der Waals surface area contributed by atoms with Crippen molar-refractivity contribution >= 4 is 23.5 Å². The lowest BCUT2D eigenvalue weighted by molar-refractivity contribution is -0.138. The van der Waals surface area contributed by atoms with Crippen LogP contribution in [0, 0.1) is 0 Å². The minimum absolute atomic E-state index is 0.0109. The number of carbonyl (C=O) groups is 1. The van der Waals surface area contributed by atoms with Crippen LogP contribution in [0.1, 0.15) is 13.8 Å². The fraction of sp³-hybridized carbons (Fsp3) is 0.583. The van der Waals surface area contributed by atoms with E-state index in [0.717, 1.165) is 5.75 Å².